The Morgan fingerprint density at radius 1 is 1.00 bits per heavy atom. The van der Waals surface area contributed by atoms with Crippen LogP contribution in [0.15, 0.2) is 54.6 Å². The van der Waals surface area contributed by atoms with Crippen molar-refractivity contribution in [1.82, 2.24) is 0 Å². The lowest BCUT2D eigenvalue weighted by molar-refractivity contribution is -0.139. The van der Waals surface area contributed by atoms with Gasteiger partial charge in [-0.15, -0.1) is 0 Å². The Morgan fingerprint density at radius 2 is 1.70 bits per heavy atom. The second kappa shape index (κ2) is 9.96. The van der Waals surface area contributed by atoms with Gasteiger partial charge in [0.1, 0.15) is 5.75 Å². The summed E-state index contributed by atoms with van der Waals surface area (Å²) in [4.78, 5) is 55.2. The first kappa shape index (κ1) is 24.9. The summed E-state index contributed by atoms with van der Waals surface area (Å²) in [6.45, 7) is 6.33. The zero-order valence-electron chi connectivity index (χ0n) is 21.5. The van der Waals surface area contributed by atoms with Crippen LogP contribution in [0.25, 0.3) is 0 Å². The Labute approximate surface area is 217 Å². The number of fused-ring (bicyclic) bond motifs is 1. The number of aryl methyl sites for hydroxylation is 2. The van der Waals surface area contributed by atoms with E-state index in [2.05, 4.69) is 13.8 Å². The molecule has 0 aromatic heterocycles. The lowest BCUT2D eigenvalue weighted by Crippen LogP contribution is -2.31. The van der Waals surface area contributed by atoms with Crippen molar-refractivity contribution in [2.24, 2.45) is 23.7 Å². The zero-order chi connectivity index (χ0) is 26.3. The van der Waals surface area contributed by atoms with E-state index in [4.69, 9.17) is 4.74 Å². The van der Waals surface area contributed by atoms with Gasteiger partial charge in [0.2, 0.25) is 17.7 Å². The first-order valence-electron chi connectivity index (χ1n) is 13.1. The number of carbonyl (C=O) groups excluding carboxylic acids is 4. The molecule has 1 aliphatic carbocycles. The normalized spacial score (nSPS) is 25.1. The smallest absolute Gasteiger partial charge is 0.316 e. The van der Waals surface area contributed by atoms with Crippen molar-refractivity contribution in [2.75, 3.05) is 16.3 Å². The van der Waals surface area contributed by atoms with E-state index in [0.29, 0.717) is 12.1 Å². The van der Waals surface area contributed by atoms with Gasteiger partial charge in [-0.25, -0.2) is 4.90 Å². The maximum Gasteiger partial charge on any atom is 0.316 e. The molecule has 4 atom stereocenters. The summed E-state index contributed by atoms with van der Waals surface area (Å²) in [5, 5.41) is 0. The fourth-order valence-electron chi connectivity index (χ4n) is 5.93. The number of benzene rings is 2. The summed E-state index contributed by atoms with van der Waals surface area (Å²) < 4.78 is 5.68. The van der Waals surface area contributed by atoms with Gasteiger partial charge in [0.15, 0.2) is 0 Å². The molecule has 5 rings (SSSR count). The van der Waals surface area contributed by atoms with Crippen LogP contribution in [-0.2, 0) is 32.0 Å². The molecule has 192 valence electrons. The largest absolute Gasteiger partial charge is 0.426 e. The van der Waals surface area contributed by atoms with Crippen LogP contribution in [0, 0.1) is 23.7 Å². The van der Waals surface area contributed by atoms with Gasteiger partial charge in [0, 0.05) is 24.7 Å². The van der Waals surface area contributed by atoms with Crippen LogP contribution in [0.2, 0.25) is 0 Å². The van der Waals surface area contributed by atoms with Gasteiger partial charge >= 0.3 is 5.97 Å². The number of nitrogens with zero attached hydrogens (tertiary/aromatic N) is 2. The Bertz CT molecular complexity index is 1280. The number of hydrogen-bond donors (Lipinski definition) is 0. The van der Waals surface area contributed by atoms with Gasteiger partial charge in [0.25, 0.3) is 0 Å². The van der Waals surface area contributed by atoms with Crippen LogP contribution in [0.5, 0.6) is 5.75 Å². The molecule has 0 bridgehead atoms. The molecule has 2 saturated heterocycles. The predicted octanol–water partition coefficient (Wildman–Crippen LogP) is 4.47. The number of ether oxygens (including phenoxy) is 1. The summed E-state index contributed by atoms with van der Waals surface area (Å²) in [5.41, 5.74) is 3.47. The van der Waals surface area contributed by atoms with Gasteiger partial charge in [-0.3, -0.25) is 19.2 Å². The third-order valence-corrected chi connectivity index (χ3v) is 7.86. The number of esters is 1. The SMILES string of the molecule is CCc1cccc(CC)c1N1C[C@H](C(=O)Oc2cccc(N3C(=O)[C@@H]4[C@H](C)C=CC[C@H]4C3=O)c2)CC1=O. The van der Waals surface area contributed by atoms with E-state index < -0.39 is 11.9 Å². The molecule has 2 heterocycles. The van der Waals surface area contributed by atoms with Crippen LogP contribution < -0.4 is 14.5 Å². The van der Waals surface area contributed by atoms with Crippen molar-refractivity contribution in [3.8, 4) is 5.75 Å². The Balaban J connectivity index is 1.32. The third kappa shape index (κ3) is 4.37. The summed E-state index contributed by atoms with van der Waals surface area (Å²) >= 11 is 0. The Kier molecular flexibility index (Phi) is 6.71. The molecule has 0 unspecified atom stereocenters. The standard InChI is InChI=1S/C30H32N2O5/c1-4-19-10-7-11-20(5-2)27(19)31-17-21(15-25(31)33)30(36)37-23-13-8-12-22(16-23)32-28(34)24-14-6-9-18(3)26(24)29(32)35/h6-13,16,18,21,24,26H,4-5,14-15,17H2,1-3H3/t18-,21-,24-,26-/m1/s1. The van der Waals surface area contributed by atoms with Crippen molar-refractivity contribution in [3.63, 3.8) is 0 Å². The van der Waals surface area contributed by atoms with Crippen molar-refractivity contribution >= 4 is 35.1 Å². The first-order chi connectivity index (χ1) is 17.8. The summed E-state index contributed by atoms with van der Waals surface area (Å²) in [5.74, 6) is -2.09. The molecule has 2 aromatic rings. The second-order valence-electron chi connectivity index (χ2n) is 10.1. The summed E-state index contributed by atoms with van der Waals surface area (Å²) in [6.07, 6.45) is 6.17. The quantitative estimate of drug-likeness (QED) is 0.253. The average molecular weight is 501 g/mol. The Hall–Kier alpha value is -3.74. The molecule has 2 aliphatic heterocycles. The molecule has 3 aliphatic rings. The molecule has 7 heteroatoms. The molecule has 2 fully saturated rings. The number of amides is 3. The molecular formula is C30H32N2O5. The van der Waals surface area contributed by atoms with E-state index in [1.807, 2.05) is 37.3 Å². The highest BCUT2D eigenvalue weighted by atomic mass is 16.5. The lowest BCUT2D eigenvalue weighted by Gasteiger charge is -2.23. The lowest BCUT2D eigenvalue weighted by atomic mass is 9.78. The topological polar surface area (TPSA) is 84.0 Å². The highest BCUT2D eigenvalue weighted by Gasteiger charge is 2.50. The molecule has 0 saturated carbocycles. The van der Waals surface area contributed by atoms with E-state index >= 15 is 0 Å². The molecule has 0 spiro atoms. The molecular weight excluding hydrogens is 468 g/mol. The zero-order valence-corrected chi connectivity index (χ0v) is 21.5. The molecule has 0 N–H and O–H groups in total. The van der Waals surface area contributed by atoms with E-state index in [1.165, 1.54) is 4.90 Å². The van der Waals surface area contributed by atoms with E-state index in [9.17, 15) is 19.2 Å². The van der Waals surface area contributed by atoms with Crippen LogP contribution in [-0.4, -0.2) is 30.2 Å². The van der Waals surface area contributed by atoms with E-state index in [1.54, 1.807) is 29.2 Å². The van der Waals surface area contributed by atoms with Gasteiger partial charge in [-0.2, -0.15) is 0 Å². The van der Waals surface area contributed by atoms with Crippen molar-refractivity contribution in [3.05, 3.63) is 65.7 Å². The molecule has 37 heavy (non-hydrogen) atoms. The minimum atomic E-state index is -0.601. The predicted molar refractivity (Wildman–Crippen MR) is 140 cm³/mol. The third-order valence-electron chi connectivity index (χ3n) is 7.86. The van der Waals surface area contributed by atoms with Crippen molar-refractivity contribution in [1.29, 1.82) is 0 Å². The number of carbonyl (C=O) groups is 4. The van der Waals surface area contributed by atoms with Gasteiger partial charge < -0.3 is 9.64 Å². The van der Waals surface area contributed by atoms with E-state index in [-0.39, 0.29) is 54.2 Å². The number of hydrogen-bond acceptors (Lipinski definition) is 5. The number of allylic oxidation sites excluding steroid dienone is 2. The van der Waals surface area contributed by atoms with Crippen LogP contribution in [0.3, 0.4) is 0 Å². The minimum absolute atomic E-state index is 0.00452. The van der Waals surface area contributed by atoms with Crippen LogP contribution in [0.4, 0.5) is 11.4 Å². The number of para-hydroxylation sites is 1. The molecule has 0 radical (unpaired) electrons. The number of imide groups is 1. The van der Waals surface area contributed by atoms with Gasteiger partial charge in [-0.1, -0.05) is 57.2 Å². The maximum absolute atomic E-state index is 13.1. The minimum Gasteiger partial charge on any atom is -0.426 e. The van der Waals surface area contributed by atoms with E-state index in [0.717, 1.165) is 29.7 Å². The maximum atomic E-state index is 13.1. The molecule has 7 nitrogen and oxygen atoms in total. The molecule has 2 aromatic carbocycles. The summed E-state index contributed by atoms with van der Waals surface area (Å²) in [6, 6.07) is 12.6. The summed E-state index contributed by atoms with van der Waals surface area (Å²) in [7, 11) is 0. The van der Waals surface area contributed by atoms with Gasteiger partial charge in [0.05, 0.1) is 23.4 Å². The fraction of sp³-hybridized carbons (Fsp3) is 0.400. The van der Waals surface area contributed by atoms with Crippen molar-refractivity contribution < 1.29 is 23.9 Å². The number of anilines is 2. The van der Waals surface area contributed by atoms with Crippen LogP contribution in [0.1, 0.15) is 44.7 Å². The highest BCUT2D eigenvalue weighted by molar-refractivity contribution is 6.22. The Morgan fingerprint density at radius 3 is 2.38 bits per heavy atom. The first-order valence-corrected chi connectivity index (χ1v) is 13.1. The number of rotatable bonds is 6. The molecule has 3 amide bonds. The average Bonchev–Trinajstić information content (AvgIpc) is 3.41. The monoisotopic (exact) mass is 500 g/mol. The fourth-order valence-corrected chi connectivity index (χ4v) is 5.93. The highest BCUT2D eigenvalue weighted by Crippen LogP contribution is 2.41. The second-order valence-corrected chi connectivity index (χ2v) is 10.1. The van der Waals surface area contributed by atoms with Crippen molar-refractivity contribution in [2.45, 2.75) is 46.5 Å². The van der Waals surface area contributed by atoms with Gasteiger partial charge in [-0.05, 0) is 48.4 Å². The van der Waals surface area contributed by atoms with Crippen LogP contribution >= 0.6 is 0 Å².